The van der Waals surface area contributed by atoms with Crippen LogP contribution >= 0.6 is 0 Å². The van der Waals surface area contributed by atoms with Crippen LogP contribution in [-0.2, 0) is 6.54 Å². The molecule has 3 heteroatoms. The van der Waals surface area contributed by atoms with Crippen LogP contribution < -0.4 is 5.73 Å². The Morgan fingerprint density at radius 3 is 2.73 bits per heavy atom. The van der Waals surface area contributed by atoms with E-state index in [9.17, 15) is 0 Å². The molecule has 1 atom stereocenters. The van der Waals surface area contributed by atoms with Crippen molar-refractivity contribution in [1.29, 1.82) is 0 Å². The molecular formula is C12H15N3. The second-order valence-corrected chi connectivity index (χ2v) is 3.46. The molecule has 1 aromatic heterocycles. The first-order chi connectivity index (χ1) is 7.33. The number of rotatable bonds is 3. The summed E-state index contributed by atoms with van der Waals surface area (Å²) in [5, 5.41) is 0. The zero-order chi connectivity index (χ0) is 10.7. The van der Waals surface area contributed by atoms with E-state index in [1.807, 2.05) is 36.5 Å². The minimum atomic E-state index is -0.138. The van der Waals surface area contributed by atoms with Gasteiger partial charge in [-0.15, -0.1) is 0 Å². The predicted molar refractivity (Wildman–Crippen MR) is 60.4 cm³/mol. The lowest BCUT2D eigenvalue weighted by molar-refractivity contribution is 0.656. The Morgan fingerprint density at radius 2 is 2.07 bits per heavy atom. The number of aromatic nitrogens is 2. The van der Waals surface area contributed by atoms with Crippen molar-refractivity contribution in [1.82, 2.24) is 9.55 Å². The van der Waals surface area contributed by atoms with Crippen molar-refractivity contribution in [3.63, 3.8) is 0 Å². The van der Waals surface area contributed by atoms with Gasteiger partial charge < -0.3 is 10.3 Å². The van der Waals surface area contributed by atoms with Crippen LogP contribution in [0.5, 0.6) is 0 Å². The van der Waals surface area contributed by atoms with E-state index < -0.39 is 0 Å². The molecule has 15 heavy (non-hydrogen) atoms. The smallest absolute Gasteiger partial charge is 0.130 e. The molecule has 0 aliphatic carbocycles. The Bertz CT molecular complexity index is 419. The third-order valence-corrected chi connectivity index (χ3v) is 2.53. The summed E-state index contributed by atoms with van der Waals surface area (Å²) in [6, 6.07) is 9.89. The quantitative estimate of drug-likeness (QED) is 0.824. The number of nitrogens with two attached hydrogens (primary N) is 1. The highest BCUT2D eigenvalue weighted by molar-refractivity contribution is 5.24. The number of benzene rings is 1. The average molecular weight is 201 g/mol. The maximum atomic E-state index is 6.15. The summed E-state index contributed by atoms with van der Waals surface area (Å²) in [5.41, 5.74) is 7.25. The van der Waals surface area contributed by atoms with Gasteiger partial charge in [-0.25, -0.2) is 4.98 Å². The molecule has 0 aliphatic rings. The topological polar surface area (TPSA) is 43.8 Å². The van der Waals surface area contributed by atoms with Crippen LogP contribution in [-0.4, -0.2) is 9.55 Å². The van der Waals surface area contributed by atoms with Crippen molar-refractivity contribution in [2.75, 3.05) is 0 Å². The van der Waals surface area contributed by atoms with Crippen LogP contribution in [0.4, 0.5) is 0 Å². The second-order valence-electron chi connectivity index (χ2n) is 3.46. The number of imidazole rings is 1. The van der Waals surface area contributed by atoms with Crippen LogP contribution in [0.2, 0.25) is 0 Å². The van der Waals surface area contributed by atoms with Gasteiger partial charge in [-0.2, -0.15) is 0 Å². The first kappa shape index (κ1) is 9.93. The molecule has 0 radical (unpaired) electrons. The summed E-state index contributed by atoms with van der Waals surface area (Å²) >= 11 is 0. The van der Waals surface area contributed by atoms with E-state index in [2.05, 4.69) is 16.5 Å². The zero-order valence-electron chi connectivity index (χ0n) is 8.80. The summed E-state index contributed by atoms with van der Waals surface area (Å²) in [5.74, 6) is 0.920. The summed E-state index contributed by atoms with van der Waals surface area (Å²) < 4.78 is 2.07. The van der Waals surface area contributed by atoms with Gasteiger partial charge >= 0.3 is 0 Å². The van der Waals surface area contributed by atoms with Gasteiger partial charge in [0, 0.05) is 18.9 Å². The van der Waals surface area contributed by atoms with Gasteiger partial charge in [0.05, 0.1) is 6.04 Å². The molecule has 0 bridgehead atoms. The zero-order valence-corrected chi connectivity index (χ0v) is 8.80. The fourth-order valence-electron chi connectivity index (χ4n) is 1.68. The third-order valence-electron chi connectivity index (χ3n) is 2.53. The number of hydrogen-bond donors (Lipinski definition) is 1. The molecule has 2 aromatic rings. The summed E-state index contributed by atoms with van der Waals surface area (Å²) in [4.78, 5) is 4.30. The van der Waals surface area contributed by atoms with Crippen molar-refractivity contribution in [3.8, 4) is 0 Å². The fourth-order valence-corrected chi connectivity index (χ4v) is 1.68. The van der Waals surface area contributed by atoms with E-state index in [0.717, 1.165) is 17.9 Å². The van der Waals surface area contributed by atoms with E-state index in [-0.39, 0.29) is 6.04 Å². The minimum absolute atomic E-state index is 0.138. The molecule has 0 fully saturated rings. The molecule has 0 amide bonds. The third kappa shape index (κ3) is 1.92. The lowest BCUT2D eigenvalue weighted by Gasteiger charge is -2.13. The number of hydrogen-bond acceptors (Lipinski definition) is 2. The molecule has 78 valence electrons. The van der Waals surface area contributed by atoms with Crippen molar-refractivity contribution < 1.29 is 0 Å². The first-order valence-corrected chi connectivity index (χ1v) is 5.14. The molecule has 0 aliphatic heterocycles. The SMILES string of the molecule is CCn1ccnc1C(N)c1ccccc1. The lowest BCUT2D eigenvalue weighted by atomic mass is 10.1. The maximum Gasteiger partial charge on any atom is 0.130 e. The van der Waals surface area contributed by atoms with Crippen LogP contribution in [0.3, 0.4) is 0 Å². The van der Waals surface area contributed by atoms with Crippen molar-refractivity contribution in [2.45, 2.75) is 19.5 Å². The Kier molecular flexibility index (Phi) is 2.83. The average Bonchev–Trinajstić information content (AvgIpc) is 2.77. The van der Waals surface area contributed by atoms with Gasteiger partial charge in [0.2, 0.25) is 0 Å². The molecule has 0 spiro atoms. The summed E-state index contributed by atoms with van der Waals surface area (Å²) in [6.45, 7) is 2.98. The van der Waals surface area contributed by atoms with E-state index in [4.69, 9.17) is 5.73 Å². The molecule has 1 aromatic carbocycles. The summed E-state index contributed by atoms with van der Waals surface area (Å²) in [7, 11) is 0. The molecular weight excluding hydrogens is 186 g/mol. The highest BCUT2D eigenvalue weighted by Crippen LogP contribution is 2.17. The Balaban J connectivity index is 2.32. The normalized spacial score (nSPS) is 12.7. The van der Waals surface area contributed by atoms with E-state index in [1.54, 1.807) is 6.20 Å². The molecule has 0 saturated carbocycles. The van der Waals surface area contributed by atoms with Crippen LogP contribution in [0.1, 0.15) is 24.4 Å². The summed E-state index contributed by atoms with van der Waals surface area (Å²) in [6.07, 6.45) is 3.75. The van der Waals surface area contributed by atoms with E-state index in [0.29, 0.717) is 0 Å². The van der Waals surface area contributed by atoms with E-state index >= 15 is 0 Å². The van der Waals surface area contributed by atoms with Crippen LogP contribution in [0.25, 0.3) is 0 Å². The molecule has 2 N–H and O–H groups in total. The minimum Gasteiger partial charge on any atom is -0.334 e. The molecule has 0 saturated heterocycles. The van der Waals surface area contributed by atoms with Gasteiger partial charge in [-0.1, -0.05) is 30.3 Å². The number of aryl methyl sites for hydroxylation is 1. The Labute approximate surface area is 89.6 Å². The fraction of sp³-hybridized carbons (Fsp3) is 0.250. The van der Waals surface area contributed by atoms with Gasteiger partial charge in [0.15, 0.2) is 0 Å². The number of nitrogens with zero attached hydrogens (tertiary/aromatic N) is 2. The molecule has 1 heterocycles. The highest BCUT2D eigenvalue weighted by Gasteiger charge is 2.13. The standard InChI is InChI=1S/C12H15N3/c1-2-15-9-8-14-12(15)11(13)10-6-4-3-5-7-10/h3-9,11H,2,13H2,1H3. The monoisotopic (exact) mass is 201 g/mol. The van der Waals surface area contributed by atoms with Gasteiger partial charge in [-0.05, 0) is 12.5 Å². The Morgan fingerprint density at radius 1 is 1.33 bits per heavy atom. The Hall–Kier alpha value is -1.61. The van der Waals surface area contributed by atoms with Crippen LogP contribution in [0.15, 0.2) is 42.7 Å². The highest BCUT2D eigenvalue weighted by atomic mass is 15.1. The van der Waals surface area contributed by atoms with Crippen molar-refractivity contribution in [3.05, 3.63) is 54.1 Å². The predicted octanol–water partition coefficient (Wildman–Crippen LogP) is 1.95. The van der Waals surface area contributed by atoms with Crippen LogP contribution in [0, 0.1) is 0 Å². The van der Waals surface area contributed by atoms with Gasteiger partial charge in [0.1, 0.15) is 5.82 Å². The molecule has 1 unspecified atom stereocenters. The van der Waals surface area contributed by atoms with Crippen molar-refractivity contribution >= 4 is 0 Å². The maximum absolute atomic E-state index is 6.15. The largest absolute Gasteiger partial charge is 0.334 e. The first-order valence-electron chi connectivity index (χ1n) is 5.14. The second kappa shape index (κ2) is 4.28. The van der Waals surface area contributed by atoms with E-state index in [1.165, 1.54) is 0 Å². The molecule has 2 rings (SSSR count). The van der Waals surface area contributed by atoms with Gasteiger partial charge in [0.25, 0.3) is 0 Å². The lowest BCUT2D eigenvalue weighted by Crippen LogP contribution is -2.17. The van der Waals surface area contributed by atoms with Crippen molar-refractivity contribution in [2.24, 2.45) is 5.73 Å². The van der Waals surface area contributed by atoms with Gasteiger partial charge in [-0.3, -0.25) is 0 Å². The molecule has 3 nitrogen and oxygen atoms in total.